The van der Waals surface area contributed by atoms with Crippen molar-refractivity contribution in [2.24, 2.45) is 0 Å². The summed E-state index contributed by atoms with van der Waals surface area (Å²) in [7, 11) is 0. The summed E-state index contributed by atoms with van der Waals surface area (Å²) in [6.45, 7) is 1.32. The van der Waals surface area contributed by atoms with Crippen molar-refractivity contribution in [3.05, 3.63) is 58.6 Å². The van der Waals surface area contributed by atoms with Gasteiger partial charge >= 0.3 is 0 Å². The lowest BCUT2D eigenvalue weighted by Gasteiger charge is -2.32. The molecular weight excluding hydrogens is 352 g/mol. The van der Waals surface area contributed by atoms with E-state index in [4.69, 9.17) is 16.3 Å². The van der Waals surface area contributed by atoms with Crippen molar-refractivity contribution in [3.8, 4) is 5.75 Å². The maximum absolute atomic E-state index is 12.7. The van der Waals surface area contributed by atoms with Crippen LogP contribution in [0.25, 0.3) is 0 Å². The molecule has 0 aromatic heterocycles. The SMILES string of the molecule is O=C1Cc2cc(C(=O)N3CCC(Oc4ccc(Cl)cc4)CC3)ccc2N1. The minimum Gasteiger partial charge on any atom is -0.490 e. The number of nitrogens with zero attached hydrogens (tertiary/aromatic N) is 1. The molecule has 0 saturated carbocycles. The lowest BCUT2D eigenvalue weighted by atomic mass is 10.0. The number of amides is 2. The monoisotopic (exact) mass is 370 g/mol. The molecule has 0 atom stereocenters. The van der Waals surface area contributed by atoms with Crippen molar-refractivity contribution >= 4 is 29.1 Å². The van der Waals surface area contributed by atoms with Gasteiger partial charge in [0, 0.05) is 42.2 Å². The lowest BCUT2D eigenvalue weighted by Crippen LogP contribution is -2.41. The van der Waals surface area contributed by atoms with Crippen LogP contribution in [-0.4, -0.2) is 35.9 Å². The van der Waals surface area contributed by atoms with Crippen LogP contribution >= 0.6 is 11.6 Å². The van der Waals surface area contributed by atoms with Crippen LogP contribution in [0.4, 0.5) is 5.69 Å². The van der Waals surface area contributed by atoms with E-state index in [1.807, 2.05) is 41.3 Å². The molecule has 134 valence electrons. The summed E-state index contributed by atoms with van der Waals surface area (Å²) in [5, 5.41) is 3.47. The number of fused-ring (bicyclic) bond motifs is 1. The van der Waals surface area contributed by atoms with Gasteiger partial charge in [0.2, 0.25) is 5.91 Å². The first-order valence-electron chi connectivity index (χ1n) is 8.73. The summed E-state index contributed by atoms with van der Waals surface area (Å²) in [5.74, 6) is 0.789. The summed E-state index contributed by atoms with van der Waals surface area (Å²) < 4.78 is 5.97. The highest BCUT2D eigenvalue weighted by Gasteiger charge is 2.26. The topological polar surface area (TPSA) is 58.6 Å². The van der Waals surface area contributed by atoms with Gasteiger partial charge in [-0.1, -0.05) is 11.6 Å². The smallest absolute Gasteiger partial charge is 0.253 e. The summed E-state index contributed by atoms with van der Waals surface area (Å²) in [6.07, 6.45) is 2.02. The first-order valence-corrected chi connectivity index (χ1v) is 9.10. The van der Waals surface area contributed by atoms with Crippen LogP contribution in [-0.2, 0) is 11.2 Å². The number of ether oxygens (including phenoxy) is 1. The third-order valence-corrected chi connectivity index (χ3v) is 5.07. The Labute approximate surface area is 156 Å². The summed E-state index contributed by atoms with van der Waals surface area (Å²) in [5.41, 5.74) is 2.33. The molecule has 0 unspecified atom stereocenters. The predicted molar refractivity (Wildman–Crippen MR) is 99.8 cm³/mol. The van der Waals surface area contributed by atoms with E-state index in [1.165, 1.54) is 0 Å². The third-order valence-electron chi connectivity index (χ3n) is 4.82. The largest absolute Gasteiger partial charge is 0.490 e. The first-order chi connectivity index (χ1) is 12.6. The Hall–Kier alpha value is -2.53. The highest BCUT2D eigenvalue weighted by atomic mass is 35.5. The zero-order valence-electron chi connectivity index (χ0n) is 14.2. The highest BCUT2D eigenvalue weighted by molar-refractivity contribution is 6.30. The van der Waals surface area contributed by atoms with Gasteiger partial charge in [-0.05, 0) is 48.0 Å². The molecule has 0 spiro atoms. The number of likely N-dealkylation sites (tertiary alicyclic amines) is 1. The Morgan fingerprint density at radius 1 is 1.12 bits per heavy atom. The molecule has 5 nitrogen and oxygen atoms in total. The van der Waals surface area contributed by atoms with Crippen LogP contribution in [0, 0.1) is 0 Å². The number of carbonyl (C=O) groups is 2. The van der Waals surface area contributed by atoms with E-state index >= 15 is 0 Å². The van der Waals surface area contributed by atoms with Crippen LogP contribution in [0.5, 0.6) is 5.75 Å². The molecule has 2 aliphatic rings. The Morgan fingerprint density at radius 2 is 1.85 bits per heavy atom. The second-order valence-electron chi connectivity index (χ2n) is 6.66. The number of benzene rings is 2. The van der Waals surface area contributed by atoms with Gasteiger partial charge in [0.25, 0.3) is 5.91 Å². The van der Waals surface area contributed by atoms with E-state index in [2.05, 4.69) is 5.32 Å². The minimum absolute atomic E-state index is 0.0112. The minimum atomic E-state index is -0.0234. The summed E-state index contributed by atoms with van der Waals surface area (Å²) >= 11 is 5.89. The fraction of sp³-hybridized carbons (Fsp3) is 0.300. The summed E-state index contributed by atoms with van der Waals surface area (Å²) in [6, 6.07) is 12.8. The van der Waals surface area contributed by atoms with Crippen LogP contribution in [0.1, 0.15) is 28.8 Å². The molecule has 1 N–H and O–H groups in total. The molecule has 0 bridgehead atoms. The predicted octanol–water partition coefficient (Wildman–Crippen LogP) is 3.52. The molecule has 2 aliphatic heterocycles. The second-order valence-corrected chi connectivity index (χ2v) is 7.10. The average molecular weight is 371 g/mol. The standard InChI is InChI=1S/C20H19ClN2O3/c21-15-2-4-16(5-3-15)26-17-7-9-23(10-8-17)20(25)13-1-6-18-14(11-13)12-19(24)22-18/h1-6,11,17H,7-10,12H2,(H,22,24). The van der Waals surface area contributed by atoms with E-state index in [0.29, 0.717) is 30.1 Å². The van der Waals surface area contributed by atoms with Crippen molar-refractivity contribution in [1.82, 2.24) is 4.90 Å². The van der Waals surface area contributed by atoms with Crippen LogP contribution in [0.3, 0.4) is 0 Å². The Bertz CT molecular complexity index is 843. The molecule has 26 heavy (non-hydrogen) atoms. The van der Waals surface area contributed by atoms with Gasteiger partial charge in [0.1, 0.15) is 11.9 Å². The van der Waals surface area contributed by atoms with Crippen molar-refractivity contribution in [1.29, 1.82) is 0 Å². The third kappa shape index (κ3) is 3.53. The number of piperidine rings is 1. The fourth-order valence-electron chi connectivity index (χ4n) is 3.43. The van der Waals surface area contributed by atoms with Crippen molar-refractivity contribution in [2.75, 3.05) is 18.4 Å². The maximum atomic E-state index is 12.7. The number of nitrogens with one attached hydrogen (secondary N) is 1. The van der Waals surface area contributed by atoms with Gasteiger partial charge in [-0.25, -0.2) is 0 Å². The van der Waals surface area contributed by atoms with Gasteiger partial charge in [-0.15, -0.1) is 0 Å². The number of hydrogen-bond acceptors (Lipinski definition) is 3. The quantitative estimate of drug-likeness (QED) is 0.899. The number of anilines is 1. The zero-order chi connectivity index (χ0) is 18.1. The Kier molecular flexibility index (Phi) is 4.55. The number of carbonyl (C=O) groups excluding carboxylic acids is 2. The number of halogens is 1. The molecule has 2 amide bonds. The second kappa shape index (κ2) is 7.00. The van der Waals surface area contributed by atoms with Crippen LogP contribution < -0.4 is 10.1 Å². The van der Waals surface area contributed by atoms with Gasteiger partial charge in [0.15, 0.2) is 0 Å². The fourth-order valence-corrected chi connectivity index (χ4v) is 3.55. The van der Waals surface area contributed by atoms with Gasteiger partial charge in [0.05, 0.1) is 6.42 Å². The number of hydrogen-bond donors (Lipinski definition) is 1. The van der Waals surface area contributed by atoms with Crippen LogP contribution in [0.2, 0.25) is 5.02 Å². The molecule has 4 rings (SSSR count). The Morgan fingerprint density at radius 3 is 2.58 bits per heavy atom. The highest BCUT2D eigenvalue weighted by Crippen LogP contribution is 2.26. The van der Waals surface area contributed by atoms with E-state index in [1.54, 1.807) is 6.07 Å². The molecule has 1 fully saturated rings. The summed E-state index contributed by atoms with van der Waals surface area (Å²) in [4.78, 5) is 26.1. The van der Waals surface area contributed by atoms with Crippen molar-refractivity contribution < 1.29 is 14.3 Å². The van der Waals surface area contributed by atoms with Crippen molar-refractivity contribution in [2.45, 2.75) is 25.4 Å². The van der Waals surface area contributed by atoms with Gasteiger partial charge in [-0.2, -0.15) is 0 Å². The lowest BCUT2D eigenvalue weighted by molar-refractivity contribution is -0.115. The molecule has 0 aliphatic carbocycles. The molecule has 2 heterocycles. The van der Waals surface area contributed by atoms with Crippen molar-refractivity contribution in [3.63, 3.8) is 0 Å². The number of rotatable bonds is 3. The van der Waals surface area contributed by atoms with Gasteiger partial charge in [-0.3, -0.25) is 9.59 Å². The molecule has 2 aromatic rings. The normalized spacial score (nSPS) is 17.0. The zero-order valence-corrected chi connectivity index (χ0v) is 15.0. The van der Waals surface area contributed by atoms with E-state index < -0.39 is 0 Å². The van der Waals surface area contributed by atoms with E-state index in [-0.39, 0.29) is 17.9 Å². The molecule has 2 aromatic carbocycles. The molecular formula is C20H19ClN2O3. The van der Waals surface area contributed by atoms with Crippen LogP contribution in [0.15, 0.2) is 42.5 Å². The van der Waals surface area contributed by atoms with E-state index in [9.17, 15) is 9.59 Å². The Balaban J connectivity index is 1.36. The van der Waals surface area contributed by atoms with E-state index in [0.717, 1.165) is 29.8 Å². The van der Waals surface area contributed by atoms with Gasteiger partial charge < -0.3 is 15.0 Å². The molecule has 6 heteroatoms. The first kappa shape index (κ1) is 16.9. The maximum Gasteiger partial charge on any atom is 0.253 e. The average Bonchev–Trinajstić information content (AvgIpc) is 3.03. The molecule has 1 saturated heterocycles. The molecule has 0 radical (unpaired) electrons.